The van der Waals surface area contributed by atoms with Crippen LogP contribution in [0.5, 0.6) is 0 Å². The molecule has 4 rings (SSSR count). The monoisotopic (exact) mass is 436 g/mol. The van der Waals surface area contributed by atoms with Gasteiger partial charge >= 0.3 is 0 Å². The quantitative estimate of drug-likeness (QED) is 0.414. The minimum Gasteiger partial charge on any atom is -0.347 e. The Bertz CT molecular complexity index is 866. The average Bonchev–Trinajstić information content (AvgIpc) is 2.93. The largest absolute Gasteiger partial charge is 0.347 e. The first-order valence-electron chi connectivity index (χ1n) is 6.25. The van der Waals surface area contributed by atoms with E-state index in [1.807, 2.05) is 36.5 Å². The van der Waals surface area contributed by atoms with Crippen molar-refractivity contribution in [2.75, 3.05) is 0 Å². The van der Waals surface area contributed by atoms with Gasteiger partial charge in [-0.1, -0.05) is 36.4 Å². The molecule has 0 saturated carbocycles. The van der Waals surface area contributed by atoms with Crippen molar-refractivity contribution >= 4 is 16.4 Å². The number of hydrogen-bond acceptors (Lipinski definition) is 1. The molecule has 0 N–H and O–H groups in total. The smallest absolute Gasteiger partial charge is 0.0771 e. The molecule has 0 fully saturated rings. The van der Waals surface area contributed by atoms with Gasteiger partial charge in [-0.2, -0.15) is 0 Å². The molecule has 2 aromatic heterocycles. The first kappa shape index (κ1) is 13.0. The molecule has 1 radical (unpaired) electrons. The van der Waals surface area contributed by atoms with Crippen LogP contribution in [0.15, 0.2) is 67.0 Å². The molecule has 3 heteroatoms. The summed E-state index contributed by atoms with van der Waals surface area (Å²) in [5.41, 5.74) is 3.08. The number of fused-ring (bicyclic) bond motifs is 3. The summed E-state index contributed by atoms with van der Waals surface area (Å²) < 4.78 is 2.06. The third-order valence-corrected chi connectivity index (χ3v) is 3.33. The summed E-state index contributed by atoms with van der Waals surface area (Å²) in [6, 6.07) is 21.6. The Morgan fingerprint density at radius 3 is 2.65 bits per heavy atom. The van der Waals surface area contributed by atoms with Gasteiger partial charge in [-0.3, -0.25) is 4.98 Å². The minimum absolute atomic E-state index is 0. The molecule has 0 aliphatic heterocycles. The van der Waals surface area contributed by atoms with Crippen LogP contribution in [-0.4, -0.2) is 9.38 Å². The zero-order valence-corrected chi connectivity index (χ0v) is 13.0. The number of rotatable bonds is 1. The number of benzene rings is 2. The zero-order valence-electron chi connectivity index (χ0n) is 10.6. The van der Waals surface area contributed by atoms with E-state index in [0.29, 0.717) is 0 Å². The standard InChI is InChI=1S/C17H11N2.Ir/c1-2-7-14(8-3-1)16-12-19-11-10-13-6-4-5-9-15(13)17(19)18-16;/h1-8,10-12H;/q-1;. The predicted octanol–water partition coefficient (Wildman–Crippen LogP) is 3.95. The molecule has 0 atom stereocenters. The van der Waals surface area contributed by atoms with Crippen molar-refractivity contribution in [2.45, 2.75) is 0 Å². The van der Waals surface area contributed by atoms with Crippen molar-refractivity contribution in [3.05, 3.63) is 73.1 Å². The molecule has 0 aliphatic rings. The number of pyridine rings is 1. The number of hydrogen-bond donors (Lipinski definition) is 0. The van der Waals surface area contributed by atoms with Crippen LogP contribution in [0.3, 0.4) is 0 Å². The van der Waals surface area contributed by atoms with Crippen LogP contribution in [0.2, 0.25) is 0 Å². The summed E-state index contributed by atoms with van der Waals surface area (Å²) >= 11 is 0. The Morgan fingerprint density at radius 1 is 0.950 bits per heavy atom. The van der Waals surface area contributed by atoms with Crippen LogP contribution in [0.1, 0.15) is 0 Å². The van der Waals surface area contributed by atoms with E-state index in [0.717, 1.165) is 22.3 Å². The van der Waals surface area contributed by atoms with Crippen LogP contribution in [0.4, 0.5) is 0 Å². The number of nitrogens with zero attached hydrogens (tertiary/aromatic N) is 2. The molecule has 4 aromatic rings. The molecule has 0 unspecified atom stereocenters. The Balaban J connectivity index is 0.00000121. The van der Waals surface area contributed by atoms with E-state index in [4.69, 9.17) is 4.98 Å². The summed E-state index contributed by atoms with van der Waals surface area (Å²) in [6.45, 7) is 0. The summed E-state index contributed by atoms with van der Waals surface area (Å²) in [5, 5.41) is 2.23. The van der Waals surface area contributed by atoms with Crippen molar-refractivity contribution in [3.8, 4) is 11.3 Å². The molecule has 0 amide bonds. The van der Waals surface area contributed by atoms with E-state index < -0.39 is 0 Å². The fraction of sp³-hybridized carbons (Fsp3) is 0. The van der Waals surface area contributed by atoms with Crippen molar-refractivity contribution < 1.29 is 20.1 Å². The summed E-state index contributed by atoms with van der Waals surface area (Å²) in [4.78, 5) is 4.74. The van der Waals surface area contributed by atoms with Crippen LogP contribution in [0.25, 0.3) is 27.7 Å². The second-order valence-electron chi connectivity index (χ2n) is 4.54. The molecular formula is C17H11IrN2-. The van der Waals surface area contributed by atoms with E-state index in [9.17, 15) is 0 Å². The molecule has 20 heavy (non-hydrogen) atoms. The summed E-state index contributed by atoms with van der Waals surface area (Å²) in [5.74, 6) is 0. The Morgan fingerprint density at radius 2 is 1.80 bits per heavy atom. The van der Waals surface area contributed by atoms with Gasteiger partial charge in [-0.05, 0) is 6.20 Å². The minimum atomic E-state index is 0. The number of imidazole rings is 1. The summed E-state index contributed by atoms with van der Waals surface area (Å²) in [7, 11) is 0. The Kier molecular flexibility index (Phi) is 3.39. The molecule has 2 heterocycles. The molecule has 2 aromatic carbocycles. The molecular weight excluding hydrogens is 424 g/mol. The van der Waals surface area contributed by atoms with E-state index in [1.165, 1.54) is 5.39 Å². The van der Waals surface area contributed by atoms with Crippen molar-refractivity contribution in [2.24, 2.45) is 0 Å². The maximum absolute atomic E-state index is 4.74. The third-order valence-electron chi connectivity index (χ3n) is 3.33. The summed E-state index contributed by atoms with van der Waals surface area (Å²) in [6.07, 6.45) is 4.11. The second kappa shape index (κ2) is 5.20. The van der Waals surface area contributed by atoms with E-state index in [-0.39, 0.29) is 20.1 Å². The second-order valence-corrected chi connectivity index (χ2v) is 4.54. The van der Waals surface area contributed by atoms with Gasteiger partial charge in [0.15, 0.2) is 0 Å². The van der Waals surface area contributed by atoms with Crippen LogP contribution in [0, 0.1) is 6.07 Å². The van der Waals surface area contributed by atoms with E-state index >= 15 is 0 Å². The predicted molar refractivity (Wildman–Crippen MR) is 77.0 cm³/mol. The SMILES string of the molecule is [Ir].[c-]1cccc2ccn3cc(-c4ccccc4)nc3c12. The Hall–Kier alpha value is -1.96. The fourth-order valence-corrected chi connectivity index (χ4v) is 2.38. The normalized spacial score (nSPS) is 10.6. The average molecular weight is 436 g/mol. The molecule has 0 spiro atoms. The molecule has 2 nitrogen and oxygen atoms in total. The van der Waals surface area contributed by atoms with Gasteiger partial charge in [0.2, 0.25) is 0 Å². The molecule has 99 valence electrons. The van der Waals surface area contributed by atoms with Crippen LogP contribution < -0.4 is 0 Å². The van der Waals surface area contributed by atoms with Gasteiger partial charge in [-0.15, -0.1) is 35.0 Å². The maximum atomic E-state index is 4.74. The zero-order chi connectivity index (χ0) is 12.7. The molecule has 0 bridgehead atoms. The molecule has 0 saturated heterocycles. The van der Waals surface area contributed by atoms with Gasteiger partial charge in [-0.25, -0.2) is 0 Å². The topological polar surface area (TPSA) is 17.3 Å². The van der Waals surface area contributed by atoms with Gasteiger partial charge in [0.25, 0.3) is 0 Å². The van der Waals surface area contributed by atoms with Gasteiger partial charge < -0.3 is 4.40 Å². The number of aromatic nitrogens is 2. The van der Waals surface area contributed by atoms with Gasteiger partial charge in [0.05, 0.1) is 11.3 Å². The molecule has 0 aliphatic carbocycles. The first-order chi connectivity index (χ1) is 9.42. The van der Waals surface area contributed by atoms with Crippen LogP contribution in [-0.2, 0) is 20.1 Å². The van der Waals surface area contributed by atoms with E-state index in [1.54, 1.807) is 0 Å². The van der Waals surface area contributed by atoms with Crippen molar-refractivity contribution in [1.82, 2.24) is 9.38 Å². The van der Waals surface area contributed by atoms with Gasteiger partial charge in [0, 0.05) is 31.9 Å². The van der Waals surface area contributed by atoms with Gasteiger partial charge in [0.1, 0.15) is 0 Å². The third kappa shape index (κ3) is 2.05. The van der Waals surface area contributed by atoms with Crippen molar-refractivity contribution in [1.29, 1.82) is 0 Å². The van der Waals surface area contributed by atoms with Crippen LogP contribution >= 0.6 is 0 Å². The van der Waals surface area contributed by atoms with E-state index in [2.05, 4.69) is 40.9 Å². The first-order valence-corrected chi connectivity index (χ1v) is 6.25. The Labute approximate surface area is 130 Å². The fourth-order valence-electron chi connectivity index (χ4n) is 2.38. The van der Waals surface area contributed by atoms with Crippen molar-refractivity contribution in [3.63, 3.8) is 0 Å². The maximum Gasteiger partial charge on any atom is 0.0771 e.